The fourth-order valence-electron chi connectivity index (χ4n) is 2.27. The van der Waals surface area contributed by atoms with E-state index in [1.165, 1.54) is 0 Å². The van der Waals surface area contributed by atoms with Crippen LogP contribution in [0.4, 0.5) is 5.69 Å². The minimum absolute atomic E-state index is 0.210. The van der Waals surface area contributed by atoms with Crippen LogP contribution in [-0.2, 0) is 4.74 Å². The fraction of sp³-hybridized carbons (Fsp3) is 0.500. The number of benzene rings is 1. The zero-order chi connectivity index (χ0) is 11.2. The second-order valence-corrected chi connectivity index (χ2v) is 5.40. The fourth-order valence-corrected chi connectivity index (χ4v) is 2.68. The Morgan fingerprint density at radius 1 is 1.19 bits per heavy atom. The maximum absolute atomic E-state index is 6.18. The first-order valence-electron chi connectivity index (χ1n) is 5.53. The van der Waals surface area contributed by atoms with Gasteiger partial charge in [0.05, 0.1) is 22.9 Å². The molecule has 0 N–H and O–H groups in total. The smallest absolute Gasteiger partial charge is 0.0950 e. The van der Waals surface area contributed by atoms with E-state index in [1.54, 1.807) is 0 Å². The molecular weight excluding hydrogens is 245 g/mol. The first-order chi connectivity index (χ1) is 7.69. The summed E-state index contributed by atoms with van der Waals surface area (Å²) in [7, 11) is 0. The molecule has 0 radical (unpaired) electrons. The van der Waals surface area contributed by atoms with Gasteiger partial charge in [-0.2, -0.15) is 0 Å². The summed E-state index contributed by atoms with van der Waals surface area (Å²) in [5.74, 6) is 0. The lowest BCUT2D eigenvalue weighted by molar-refractivity contribution is 0.259. The predicted molar refractivity (Wildman–Crippen MR) is 66.6 cm³/mol. The van der Waals surface area contributed by atoms with Crippen molar-refractivity contribution in [3.05, 3.63) is 28.2 Å². The van der Waals surface area contributed by atoms with Gasteiger partial charge < -0.3 is 9.64 Å². The molecule has 16 heavy (non-hydrogen) atoms. The molecule has 0 atom stereocenters. The number of anilines is 1. The highest BCUT2D eigenvalue weighted by atomic mass is 35.5. The van der Waals surface area contributed by atoms with Gasteiger partial charge >= 0.3 is 0 Å². The van der Waals surface area contributed by atoms with E-state index in [0.717, 1.165) is 48.3 Å². The van der Waals surface area contributed by atoms with Crippen LogP contribution in [0, 0.1) is 0 Å². The number of hydrogen-bond donors (Lipinski definition) is 0. The van der Waals surface area contributed by atoms with E-state index in [-0.39, 0.29) is 5.60 Å². The van der Waals surface area contributed by atoms with Crippen molar-refractivity contribution < 1.29 is 4.74 Å². The Kier molecular flexibility index (Phi) is 2.54. The zero-order valence-corrected chi connectivity index (χ0v) is 10.4. The van der Waals surface area contributed by atoms with Gasteiger partial charge in [-0.15, -0.1) is 0 Å². The first kappa shape index (κ1) is 10.7. The Labute approximate surface area is 105 Å². The number of ether oxygens (including phenoxy) is 1. The molecule has 0 bridgehead atoms. The van der Waals surface area contributed by atoms with Gasteiger partial charge in [0.1, 0.15) is 0 Å². The molecule has 1 spiro atoms. The lowest BCUT2D eigenvalue weighted by Gasteiger charge is -2.32. The summed E-state index contributed by atoms with van der Waals surface area (Å²) in [5.41, 5.74) is 1.26. The van der Waals surface area contributed by atoms with Crippen molar-refractivity contribution in [2.75, 3.05) is 24.6 Å². The molecule has 0 saturated carbocycles. The molecule has 2 fully saturated rings. The van der Waals surface area contributed by atoms with E-state index in [2.05, 4.69) is 4.90 Å². The summed E-state index contributed by atoms with van der Waals surface area (Å²) in [6.07, 6.45) is 2.19. The SMILES string of the molecule is Clc1ccc(Cl)c(N2CCC3(CC2)CO3)c1. The molecule has 1 aromatic rings. The molecule has 2 nitrogen and oxygen atoms in total. The third-order valence-corrected chi connectivity index (χ3v) is 4.03. The van der Waals surface area contributed by atoms with Crippen LogP contribution in [-0.4, -0.2) is 25.3 Å². The maximum Gasteiger partial charge on any atom is 0.0950 e. The van der Waals surface area contributed by atoms with Crippen LogP contribution in [0.2, 0.25) is 10.0 Å². The normalized spacial score (nSPS) is 22.5. The van der Waals surface area contributed by atoms with E-state index >= 15 is 0 Å². The van der Waals surface area contributed by atoms with Crippen LogP contribution in [0.1, 0.15) is 12.8 Å². The molecule has 0 aliphatic carbocycles. The highest BCUT2D eigenvalue weighted by Gasteiger charge is 2.46. The monoisotopic (exact) mass is 257 g/mol. The summed E-state index contributed by atoms with van der Waals surface area (Å²) in [5, 5.41) is 1.51. The Balaban J connectivity index is 1.79. The van der Waals surface area contributed by atoms with Gasteiger partial charge in [0.25, 0.3) is 0 Å². The summed E-state index contributed by atoms with van der Waals surface area (Å²) < 4.78 is 5.49. The van der Waals surface area contributed by atoms with Crippen LogP contribution in [0.15, 0.2) is 18.2 Å². The molecular formula is C12H13Cl2NO. The topological polar surface area (TPSA) is 15.8 Å². The van der Waals surface area contributed by atoms with Crippen LogP contribution >= 0.6 is 23.2 Å². The van der Waals surface area contributed by atoms with E-state index in [9.17, 15) is 0 Å². The molecule has 2 saturated heterocycles. The molecule has 0 aromatic heterocycles. The number of piperidine rings is 1. The quantitative estimate of drug-likeness (QED) is 0.718. The molecule has 2 aliphatic rings. The van der Waals surface area contributed by atoms with Gasteiger partial charge in [0, 0.05) is 18.1 Å². The molecule has 3 rings (SSSR count). The second kappa shape index (κ2) is 3.80. The zero-order valence-electron chi connectivity index (χ0n) is 8.88. The van der Waals surface area contributed by atoms with Gasteiger partial charge in [-0.05, 0) is 31.0 Å². The van der Waals surface area contributed by atoms with Gasteiger partial charge in [0.2, 0.25) is 0 Å². The number of halogens is 2. The van der Waals surface area contributed by atoms with Crippen LogP contribution < -0.4 is 4.90 Å². The van der Waals surface area contributed by atoms with E-state index in [4.69, 9.17) is 27.9 Å². The Morgan fingerprint density at radius 2 is 1.88 bits per heavy atom. The van der Waals surface area contributed by atoms with Crippen molar-refractivity contribution in [1.29, 1.82) is 0 Å². The van der Waals surface area contributed by atoms with Gasteiger partial charge in [-0.25, -0.2) is 0 Å². The summed E-state index contributed by atoms with van der Waals surface area (Å²) in [6, 6.07) is 5.62. The Bertz CT molecular complexity index is 407. The minimum atomic E-state index is 0.210. The molecule has 0 amide bonds. The van der Waals surface area contributed by atoms with Crippen molar-refractivity contribution in [3.63, 3.8) is 0 Å². The van der Waals surface area contributed by atoms with Crippen LogP contribution in [0.25, 0.3) is 0 Å². The standard InChI is InChI=1S/C12H13Cl2NO/c13-9-1-2-10(14)11(7-9)15-5-3-12(4-6-15)8-16-12/h1-2,7H,3-6,8H2. The maximum atomic E-state index is 6.18. The van der Waals surface area contributed by atoms with Crippen molar-refractivity contribution >= 4 is 28.9 Å². The molecule has 86 valence electrons. The summed E-state index contributed by atoms with van der Waals surface area (Å²) >= 11 is 12.2. The molecule has 2 aliphatic heterocycles. The first-order valence-corrected chi connectivity index (χ1v) is 6.28. The van der Waals surface area contributed by atoms with Crippen molar-refractivity contribution in [2.45, 2.75) is 18.4 Å². The highest BCUT2D eigenvalue weighted by molar-refractivity contribution is 6.35. The lowest BCUT2D eigenvalue weighted by atomic mass is 9.97. The lowest BCUT2D eigenvalue weighted by Crippen LogP contribution is -2.37. The van der Waals surface area contributed by atoms with Gasteiger partial charge in [-0.3, -0.25) is 0 Å². The molecule has 1 aromatic carbocycles. The Morgan fingerprint density at radius 3 is 2.50 bits per heavy atom. The van der Waals surface area contributed by atoms with Gasteiger partial charge in [-0.1, -0.05) is 23.2 Å². The van der Waals surface area contributed by atoms with E-state index in [0.29, 0.717) is 0 Å². The third-order valence-electron chi connectivity index (χ3n) is 3.48. The van der Waals surface area contributed by atoms with E-state index in [1.807, 2.05) is 18.2 Å². The summed E-state index contributed by atoms with van der Waals surface area (Å²) in [4.78, 5) is 2.29. The minimum Gasteiger partial charge on any atom is -0.370 e. The number of rotatable bonds is 1. The molecule has 2 heterocycles. The largest absolute Gasteiger partial charge is 0.370 e. The predicted octanol–water partition coefficient (Wildman–Crippen LogP) is 3.36. The van der Waals surface area contributed by atoms with Gasteiger partial charge in [0.15, 0.2) is 0 Å². The average Bonchev–Trinajstić information content (AvgIpc) is 3.03. The van der Waals surface area contributed by atoms with Crippen molar-refractivity contribution in [1.82, 2.24) is 0 Å². The highest BCUT2D eigenvalue weighted by Crippen LogP contribution is 2.40. The van der Waals surface area contributed by atoms with Crippen LogP contribution in [0.3, 0.4) is 0 Å². The number of hydrogen-bond acceptors (Lipinski definition) is 2. The van der Waals surface area contributed by atoms with Crippen molar-refractivity contribution in [2.24, 2.45) is 0 Å². The number of epoxide rings is 1. The second-order valence-electron chi connectivity index (χ2n) is 4.55. The Hall–Kier alpha value is -0.440. The molecule has 0 unspecified atom stereocenters. The number of nitrogens with zero attached hydrogens (tertiary/aromatic N) is 1. The average molecular weight is 258 g/mol. The van der Waals surface area contributed by atoms with Crippen LogP contribution in [0.5, 0.6) is 0 Å². The summed E-state index contributed by atoms with van der Waals surface area (Å²) in [6.45, 7) is 2.93. The van der Waals surface area contributed by atoms with E-state index < -0.39 is 0 Å². The molecule has 4 heteroatoms. The van der Waals surface area contributed by atoms with Crippen molar-refractivity contribution in [3.8, 4) is 0 Å². The third kappa shape index (κ3) is 1.90.